The number of nitrogens with zero attached hydrogens (tertiary/aromatic N) is 1. The van der Waals surface area contributed by atoms with Gasteiger partial charge in [0.15, 0.2) is 0 Å². The third-order valence-electron chi connectivity index (χ3n) is 4.18. The van der Waals surface area contributed by atoms with Crippen molar-refractivity contribution in [3.8, 4) is 5.75 Å². The van der Waals surface area contributed by atoms with Gasteiger partial charge in [-0.25, -0.2) is 18.0 Å². The molecule has 0 saturated heterocycles. The molecule has 172 valence electrons. The van der Waals surface area contributed by atoms with Crippen LogP contribution in [0.4, 0.5) is 11.4 Å². The van der Waals surface area contributed by atoms with Gasteiger partial charge < -0.3 is 19.5 Å². The monoisotopic (exact) mass is 464 g/mol. The molecule has 0 aliphatic rings. The molecule has 2 aromatic carbocycles. The zero-order valence-electron chi connectivity index (χ0n) is 18.1. The first-order valence-electron chi connectivity index (χ1n) is 9.41. The average molecular weight is 464 g/mol. The molecule has 0 aliphatic heterocycles. The molecule has 32 heavy (non-hydrogen) atoms. The smallest absolute Gasteiger partial charge is 0.337 e. The summed E-state index contributed by atoms with van der Waals surface area (Å²) in [5.41, 5.74) is 0.301. The number of carbonyl (C=O) groups excluding carboxylic acids is 3. The largest absolute Gasteiger partial charge is 0.492 e. The predicted molar refractivity (Wildman–Crippen MR) is 118 cm³/mol. The van der Waals surface area contributed by atoms with Crippen LogP contribution in [-0.4, -0.2) is 59.9 Å². The highest BCUT2D eigenvalue weighted by atomic mass is 32.2. The molecule has 2 rings (SSSR count). The molecule has 2 aromatic rings. The Labute approximate surface area is 186 Å². The van der Waals surface area contributed by atoms with E-state index in [2.05, 4.69) is 14.8 Å². The SMILES string of the molecule is CCOc1ccccc1N(CC(=O)Nc1cc(C(=O)OC)cc(C(=O)OC)c1)S(C)(=O)=O. The minimum atomic E-state index is -3.85. The third-order valence-corrected chi connectivity index (χ3v) is 5.31. The van der Waals surface area contributed by atoms with Crippen molar-refractivity contribution in [2.24, 2.45) is 0 Å². The van der Waals surface area contributed by atoms with Crippen LogP contribution in [0.25, 0.3) is 0 Å². The molecule has 0 fully saturated rings. The van der Waals surface area contributed by atoms with Gasteiger partial charge in [-0.3, -0.25) is 9.10 Å². The Balaban J connectivity index is 2.37. The van der Waals surface area contributed by atoms with E-state index < -0.39 is 34.4 Å². The van der Waals surface area contributed by atoms with Crippen LogP contribution in [0.5, 0.6) is 5.75 Å². The molecular formula is C21H24N2O8S. The second-order valence-corrected chi connectivity index (χ2v) is 8.41. The Hall–Kier alpha value is -3.60. The van der Waals surface area contributed by atoms with E-state index in [0.29, 0.717) is 12.4 Å². The lowest BCUT2D eigenvalue weighted by molar-refractivity contribution is -0.114. The highest BCUT2D eigenvalue weighted by molar-refractivity contribution is 7.92. The van der Waals surface area contributed by atoms with Crippen molar-refractivity contribution >= 4 is 39.2 Å². The molecule has 0 spiro atoms. The van der Waals surface area contributed by atoms with Gasteiger partial charge in [0.05, 0.1) is 43.9 Å². The zero-order chi connectivity index (χ0) is 23.9. The average Bonchev–Trinajstić information content (AvgIpc) is 2.76. The molecule has 1 amide bonds. The van der Waals surface area contributed by atoms with Crippen molar-refractivity contribution in [2.45, 2.75) is 6.92 Å². The van der Waals surface area contributed by atoms with Gasteiger partial charge in [0.25, 0.3) is 0 Å². The van der Waals surface area contributed by atoms with Gasteiger partial charge >= 0.3 is 11.9 Å². The first-order valence-corrected chi connectivity index (χ1v) is 11.3. The third kappa shape index (κ3) is 6.20. The highest BCUT2D eigenvalue weighted by Crippen LogP contribution is 2.30. The lowest BCUT2D eigenvalue weighted by Gasteiger charge is -2.24. The number of carbonyl (C=O) groups is 3. The summed E-state index contributed by atoms with van der Waals surface area (Å²) in [5, 5.41) is 2.50. The highest BCUT2D eigenvalue weighted by Gasteiger charge is 2.24. The quantitative estimate of drug-likeness (QED) is 0.559. The Morgan fingerprint density at radius 3 is 2.03 bits per heavy atom. The van der Waals surface area contributed by atoms with Crippen LogP contribution in [0.2, 0.25) is 0 Å². The van der Waals surface area contributed by atoms with E-state index in [1.807, 2.05) is 0 Å². The molecule has 10 nitrogen and oxygen atoms in total. The van der Waals surface area contributed by atoms with E-state index in [1.54, 1.807) is 25.1 Å². The Morgan fingerprint density at radius 2 is 1.53 bits per heavy atom. The van der Waals surface area contributed by atoms with E-state index in [1.165, 1.54) is 38.5 Å². The summed E-state index contributed by atoms with van der Waals surface area (Å²) < 4.78 is 40.5. The van der Waals surface area contributed by atoms with E-state index in [-0.39, 0.29) is 22.5 Å². The van der Waals surface area contributed by atoms with Crippen molar-refractivity contribution in [1.29, 1.82) is 0 Å². The van der Waals surface area contributed by atoms with Gasteiger partial charge in [-0.15, -0.1) is 0 Å². The Morgan fingerprint density at radius 1 is 0.969 bits per heavy atom. The molecule has 0 radical (unpaired) electrons. The van der Waals surface area contributed by atoms with Gasteiger partial charge in [-0.1, -0.05) is 12.1 Å². The van der Waals surface area contributed by atoms with Crippen molar-refractivity contribution in [2.75, 3.05) is 43.2 Å². The number of rotatable bonds is 9. The van der Waals surface area contributed by atoms with Crippen molar-refractivity contribution in [3.63, 3.8) is 0 Å². The van der Waals surface area contributed by atoms with Crippen LogP contribution in [0, 0.1) is 0 Å². The van der Waals surface area contributed by atoms with Crippen LogP contribution in [0.1, 0.15) is 27.6 Å². The van der Waals surface area contributed by atoms with E-state index in [9.17, 15) is 22.8 Å². The van der Waals surface area contributed by atoms with Crippen LogP contribution in [0.15, 0.2) is 42.5 Å². The molecule has 0 heterocycles. The number of hydrogen-bond donors (Lipinski definition) is 1. The van der Waals surface area contributed by atoms with Gasteiger partial charge in [-0.05, 0) is 37.3 Å². The maximum atomic E-state index is 12.7. The fourth-order valence-electron chi connectivity index (χ4n) is 2.82. The van der Waals surface area contributed by atoms with Gasteiger partial charge in [-0.2, -0.15) is 0 Å². The lowest BCUT2D eigenvalue weighted by Crippen LogP contribution is -2.37. The predicted octanol–water partition coefficient (Wildman–Crippen LogP) is 2.06. The standard InChI is InChI=1S/C21H24N2O8S/c1-5-31-18-9-7-6-8-17(18)23(32(4,27)28)13-19(24)22-16-11-14(20(25)29-2)10-15(12-16)21(26)30-3/h6-12H,5,13H2,1-4H3,(H,22,24). The number of benzene rings is 2. The second-order valence-electron chi connectivity index (χ2n) is 6.50. The van der Waals surface area contributed by atoms with Gasteiger partial charge in [0.2, 0.25) is 15.9 Å². The molecule has 0 saturated carbocycles. The summed E-state index contributed by atoms with van der Waals surface area (Å²) in [6, 6.07) is 10.3. The molecule has 11 heteroatoms. The van der Waals surface area contributed by atoms with Gasteiger partial charge in [0.1, 0.15) is 12.3 Å². The summed E-state index contributed by atoms with van der Waals surface area (Å²) in [5.74, 6) is -1.86. The summed E-state index contributed by atoms with van der Waals surface area (Å²) in [6.45, 7) is 1.48. The number of esters is 2. The van der Waals surface area contributed by atoms with E-state index >= 15 is 0 Å². The van der Waals surface area contributed by atoms with Crippen LogP contribution in [0.3, 0.4) is 0 Å². The zero-order valence-corrected chi connectivity index (χ0v) is 18.9. The minimum absolute atomic E-state index is 0.00682. The Kier molecular flexibility index (Phi) is 8.19. The summed E-state index contributed by atoms with van der Waals surface area (Å²) in [6.07, 6.45) is 0.968. The molecule has 1 N–H and O–H groups in total. The topological polar surface area (TPSA) is 128 Å². The summed E-state index contributed by atoms with van der Waals surface area (Å²) >= 11 is 0. The van der Waals surface area contributed by atoms with Crippen LogP contribution < -0.4 is 14.4 Å². The number of amides is 1. The maximum absolute atomic E-state index is 12.7. The lowest BCUT2D eigenvalue weighted by atomic mass is 10.1. The summed E-state index contributed by atoms with van der Waals surface area (Å²) in [7, 11) is -1.51. The normalized spacial score (nSPS) is 10.8. The first kappa shape index (κ1) is 24.7. The first-order chi connectivity index (χ1) is 15.1. The molecule has 0 aliphatic carbocycles. The number of para-hydroxylation sites is 2. The molecule has 0 unspecified atom stereocenters. The fourth-order valence-corrected chi connectivity index (χ4v) is 3.68. The maximum Gasteiger partial charge on any atom is 0.337 e. The molecule has 0 aromatic heterocycles. The molecule has 0 bridgehead atoms. The number of anilines is 2. The van der Waals surface area contributed by atoms with Crippen molar-refractivity contribution in [3.05, 3.63) is 53.6 Å². The van der Waals surface area contributed by atoms with E-state index in [0.717, 1.165) is 10.6 Å². The van der Waals surface area contributed by atoms with Crippen LogP contribution >= 0.6 is 0 Å². The number of hydrogen-bond acceptors (Lipinski definition) is 8. The van der Waals surface area contributed by atoms with E-state index in [4.69, 9.17) is 4.74 Å². The van der Waals surface area contributed by atoms with Gasteiger partial charge in [0, 0.05) is 5.69 Å². The summed E-state index contributed by atoms with van der Waals surface area (Å²) in [4.78, 5) is 36.6. The minimum Gasteiger partial charge on any atom is -0.492 e. The van der Waals surface area contributed by atoms with Crippen molar-refractivity contribution < 1.29 is 37.0 Å². The second kappa shape index (κ2) is 10.6. The molecular weight excluding hydrogens is 440 g/mol. The number of ether oxygens (including phenoxy) is 3. The Bertz CT molecular complexity index is 1080. The fraction of sp³-hybridized carbons (Fsp3) is 0.286. The van der Waals surface area contributed by atoms with Crippen LogP contribution in [-0.2, 0) is 24.3 Å². The number of nitrogens with one attached hydrogen (secondary N) is 1. The molecule has 0 atom stereocenters. The number of sulfonamides is 1. The number of methoxy groups -OCH3 is 2. The van der Waals surface area contributed by atoms with Crippen molar-refractivity contribution in [1.82, 2.24) is 0 Å².